The SMILES string of the molecule is CCOC(=O)COc1ccc(-c2cc(-c3ccccc3)cc(-c3ccc(OCC(=O)OCC)cc3)[o+]2)cc1. The summed E-state index contributed by atoms with van der Waals surface area (Å²) in [5.41, 5.74) is 3.74. The van der Waals surface area contributed by atoms with Crippen LogP contribution in [0.3, 0.4) is 0 Å². The molecule has 38 heavy (non-hydrogen) atoms. The van der Waals surface area contributed by atoms with Crippen molar-refractivity contribution >= 4 is 11.9 Å². The zero-order valence-corrected chi connectivity index (χ0v) is 21.3. The number of carbonyl (C=O) groups excluding carboxylic acids is 2. The van der Waals surface area contributed by atoms with Gasteiger partial charge in [0.15, 0.2) is 13.2 Å². The van der Waals surface area contributed by atoms with E-state index in [1.807, 2.05) is 66.7 Å². The summed E-state index contributed by atoms with van der Waals surface area (Å²) in [5.74, 6) is 1.62. The third kappa shape index (κ3) is 7.20. The average Bonchev–Trinajstić information content (AvgIpc) is 2.96. The Bertz CT molecular complexity index is 1260. The Labute approximate surface area is 221 Å². The highest BCUT2D eigenvalue weighted by molar-refractivity contribution is 5.75. The Kier molecular flexibility index (Phi) is 9.07. The lowest BCUT2D eigenvalue weighted by Crippen LogP contribution is -2.14. The van der Waals surface area contributed by atoms with Gasteiger partial charge in [-0.1, -0.05) is 30.3 Å². The minimum absolute atomic E-state index is 0.148. The molecular weight excluding hydrogens is 484 g/mol. The van der Waals surface area contributed by atoms with Gasteiger partial charge in [-0.25, -0.2) is 14.0 Å². The maximum Gasteiger partial charge on any atom is 0.361 e. The van der Waals surface area contributed by atoms with Gasteiger partial charge in [0.05, 0.1) is 36.5 Å². The first-order valence-electron chi connectivity index (χ1n) is 12.4. The summed E-state index contributed by atoms with van der Waals surface area (Å²) in [6, 6.07) is 28.7. The van der Waals surface area contributed by atoms with Gasteiger partial charge in [-0.3, -0.25) is 0 Å². The quantitative estimate of drug-likeness (QED) is 0.168. The fourth-order valence-electron chi connectivity index (χ4n) is 3.70. The van der Waals surface area contributed by atoms with E-state index in [9.17, 15) is 9.59 Å². The van der Waals surface area contributed by atoms with Crippen LogP contribution in [-0.2, 0) is 19.1 Å². The molecule has 0 aliphatic carbocycles. The van der Waals surface area contributed by atoms with Crippen LogP contribution >= 0.6 is 0 Å². The Hall–Kier alpha value is -4.65. The van der Waals surface area contributed by atoms with Gasteiger partial charge < -0.3 is 18.9 Å². The van der Waals surface area contributed by atoms with E-state index in [1.165, 1.54) is 0 Å². The standard InChI is InChI=1S/C31H29O7/c1-3-34-30(32)20-36-26-14-10-23(11-15-26)28-18-25(22-8-6-5-7-9-22)19-29(38-28)24-12-16-27(17-13-24)37-21-31(33)35-4-2/h5-19H,3-4,20-21H2,1-2H3/q+1. The average molecular weight is 514 g/mol. The van der Waals surface area contributed by atoms with Crippen molar-refractivity contribution in [3.05, 3.63) is 91.0 Å². The topological polar surface area (TPSA) is 82.4 Å². The van der Waals surface area contributed by atoms with Crippen molar-refractivity contribution in [2.45, 2.75) is 13.8 Å². The molecule has 3 aromatic carbocycles. The van der Waals surface area contributed by atoms with E-state index < -0.39 is 11.9 Å². The predicted octanol–water partition coefficient (Wildman–Crippen LogP) is 6.45. The predicted molar refractivity (Wildman–Crippen MR) is 144 cm³/mol. The minimum Gasteiger partial charge on any atom is -0.482 e. The van der Waals surface area contributed by atoms with Crippen molar-refractivity contribution in [1.82, 2.24) is 0 Å². The van der Waals surface area contributed by atoms with Crippen LogP contribution < -0.4 is 9.47 Å². The second-order valence-corrected chi connectivity index (χ2v) is 8.18. The van der Waals surface area contributed by atoms with Crippen LogP contribution in [-0.4, -0.2) is 38.4 Å². The summed E-state index contributed by atoms with van der Waals surface area (Å²) in [5, 5.41) is 0. The van der Waals surface area contributed by atoms with E-state index in [1.54, 1.807) is 38.1 Å². The summed E-state index contributed by atoms with van der Waals surface area (Å²) >= 11 is 0. The third-order valence-electron chi connectivity index (χ3n) is 5.50. The number of rotatable bonds is 11. The van der Waals surface area contributed by atoms with Gasteiger partial charge in [0.1, 0.15) is 11.5 Å². The highest BCUT2D eigenvalue weighted by atomic mass is 16.6. The summed E-state index contributed by atoms with van der Waals surface area (Å²) < 4.78 is 27.1. The molecule has 0 spiro atoms. The lowest BCUT2D eigenvalue weighted by atomic mass is 10.0. The first kappa shape index (κ1) is 26.4. The largest absolute Gasteiger partial charge is 0.482 e. The molecule has 0 amide bonds. The molecule has 0 aliphatic rings. The van der Waals surface area contributed by atoms with Crippen LogP contribution in [0.25, 0.3) is 33.8 Å². The molecule has 4 rings (SSSR count). The molecule has 0 unspecified atom stereocenters. The molecule has 0 saturated heterocycles. The van der Waals surface area contributed by atoms with Crippen LogP contribution in [0.15, 0.2) is 95.4 Å². The van der Waals surface area contributed by atoms with Crippen molar-refractivity contribution in [1.29, 1.82) is 0 Å². The zero-order valence-electron chi connectivity index (χ0n) is 21.3. The maximum absolute atomic E-state index is 11.6. The summed E-state index contributed by atoms with van der Waals surface area (Å²) in [7, 11) is 0. The fourth-order valence-corrected chi connectivity index (χ4v) is 3.70. The van der Waals surface area contributed by atoms with Crippen molar-refractivity contribution in [2.24, 2.45) is 0 Å². The summed E-state index contributed by atoms with van der Waals surface area (Å²) in [6.45, 7) is 3.83. The van der Waals surface area contributed by atoms with Crippen LogP contribution in [0, 0.1) is 0 Å². The van der Waals surface area contributed by atoms with E-state index in [0.29, 0.717) is 36.2 Å². The first-order valence-corrected chi connectivity index (χ1v) is 12.4. The van der Waals surface area contributed by atoms with Crippen LogP contribution in [0.4, 0.5) is 0 Å². The molecule has 0 fully saturated rings. The number of hydrogen-bond acceptors (Lipinski definition) is 6. The molecular formula is C31H29O7+. The molecule has 0 saturated carbocycles. The minimum atomic E-state index is -0.413. The van der Waals surface area contributed by atoms with Crippen molar-refractivity contribution in [3.63, 3.8) is 0 Å². The molecule has 4 aromatic rings. The number of benzene rings is 3. The Morgan fingerprint density at radius 1 is 0.579 bits per heavy atom. The first-order chi connectivity index (χ1) is 18.6. The lowest BCUT2D eigenvalue weighted by molar-refractivity contribution is -0.146. The Morgan fingerprint density at radius 3 is 1.45 bits per heavy atom. The summed E-state index contributed by atoms with van der Waals surface area (Å²) in [6.07, 6.45) is 0. The third-order valence-corrected chi connectivity index (χ3v) is 5.50. The van der Waals surface area contributed by atoms with Gasteiger partial charge >= 0.3 is 23.5 Å². The highest BCUT2D eigenvalue weighted by Gasteiger charge is 2.21. The van der Waals surface area contributed by atoms with Gasteiger partial charge in [0.2, 0.25) is 0 Å². The number of carbonyl (C=O) groups is 2. The molecule has 0 radical (unpaired) electrons. The van der Waals surface area contributed by atoms with Crippen molar-refractivity contribution in [2.75, 3.05) is 26.4 Å². The Balaban J connectivity index is 1.60. The highest BCUT2D eigenvalue weighted by Crippen LogP contribution is 2.34. The molecule has 1 aromatic heterocycles. The molecule has 7 heteroatoms. The van der Waals surface area contributed by atoms with Gasteiger partial charge in [-0.2, -0.15) is 0 Å². The van der Waals surface area contributed by atoms with E-state index >= 15 is 0 Å². The van der Waals surface area contributed by atoms with E-state index in [0.717, 1.165) is 22.3 Å². The number of esters is 2. The monoisotopic (exact) mass is 513 g/mol. The second kappa shape index (κ2) is 13.1. The molecule has 0 N–H and O–H groups in total. The second-order valence-electron chi connectivity index (χ2n) is 8.18. The van der Waals surface area contributed by atoms with Crippen molar-refractivity contribution < 1.29 is 33.0 Å². The lowest BCUT2D eigenvalue weighted by Gasteiger charge is -2.06. The zero-order chi connectivity index (χ0) is 26.7. The molecule has 194 valence electrons. The van der Waals surface area contributed by atoms with Gasteiger partial charge in [0.25, 0.3) is 0 Å². The summed E-state index contributed by atoms with van der Waals surface area (Å²) in [4.78, 5) is 23.1. The molecule has 7 nitrogen and oxygen atoms in total. The maximum atomic E-state index is 11.6. The van der Waals surface area contributed by atoms with Gasteiger partial charge in [-0.05, 0) is 67.9 Å². The smallest absolute Gasteiger partial charge is 0.361 e. The van der Waals surface area contributed by atoms with E-state index in [-0.39, 0.29) is 13.2 Å². The molecule has 0 aliphatic heterocycles. The Morgan fingerprint density at radius 2 is 1.03 bits per heavy atom. The van der Waals surface area contributed by atoms with E-state index in [2.05, 4.69) is 0 Å². The van der Waals surface area contributed by atoms with Crippen molar-refractivity contribution in [3.8, 4) is 45.3 Å². The van der Waals surface area contributed by atoms with Crippen LogP contribution in [0.2, 0.25) is 0 Å². The molecule has 0 bridgehead atoms. The van der Waals surface area contributed by atoms with Crippen LogP contribution in [0.5, 0.6) is 11.5 Å². The normalized spacial score (nSPS) is 10.5. The molecule has 0 atom stereocenters. The van der Waals surface area contributed by atoms with Gasteiger partial charge in [0, 0.05) is 5.56 Å². The number of ether oxygens (including phenoxy) is 4. The van der Waals surface area contributed by atoms with E-state index in [4.69, 9.17) is 23.4 Å². The molecule has 1 heterocycles. The van der Waals surface area contributed by atoms with Crippen LogP contribution in [0.1, 0.15) is 13.8 Å². The van der Waals surface area contributed by atoms with Gasteiger partial charge in [-0.15, -0.1) is 0 Å². The fraction of sp³-hybridized carbons (Fsp3) is 0.194. The number of hydrogen-bond donors (Lipinski definition) is 0.